The summed E-state index contributed by atoms with van der Waals surface area (Å²) in [6.45, 7) is 0. The molecule has 0 saturated carbocycles. The Kier molecular flexibility index (Phi) is 11.4. The van der Waals surface area contributed by atoms with E-state index in [9.17, 15) is 19.2 Å². The lowest BCUT2D eigenvalue weighted by Gasteiger charge is -2.49. The molecule has 2 aliphatic heterocycles. The number of thiazole rings is 1. The normalized spacial score (nSPS) is 17.3. The maximum atomic E-state index is 14.2. The molecule has 1 saturated heterocycles. The Bertz CT molecular complexity index is 1900. The van der Waals surface area contributed by atoms with Crippen LogP contribution in [0.25, 0.3) is 6.08 Å². The Labute approximate surface area is 300 Å². The van der Waals surface area contributed by atoms with Crippen molar-refractivity contribution in [3.63, 3.8) is 0 Å². The Morgan fingerprint density at radius 2 is 1.80 bits per heavy atom. The lowest BCUT2D eigenvalue weighted by molar-refractivity contribution is -0.154. The van der Waals surface area contributed by atoms with Crippen molar-refractivity contribution in [2.24, 2.45) is 5.16 Å². The number of rotatable bonds is 14. The molecule has 0 spiro atoms. The average Bonchev–Trinajstić information content (AvgIpc) is 3.62. The number of fused-ring (bicyclic) bond motifs is 1. The van der Waals surface area contributed by atoms with Crippen molar-refractivity contribution in [1.82, 2.24) is 20.2 Å². The SMILES string of the molecule is CON=C(C(=O)NC1C(=O)N2C(C(=O)OC(c3ccccc3)c3ccccc3)=C(CS/C=C\c3ccccn3)CS[C@H]12)c1csc(NC=O)n1. The quantitative estimate of drug-likeness (QED) is 0.0607. The smallest absolute Gasteiger partial charge is 0.356 e. The number of benzene rings is 2. The number of pyridine rings is 1. The van der Waals surface area contributed by atoms with E-state index in [2.05, 4.69) is 25.8 Å². The van der Waals surface area contributed by atoms with Gasteiger partial charge in [0.05, 0.1) is 5.69 Å². The summed E-state index contributed by atoms with van der Waals surface area (Å²) in [7, 11) is 1.28. The van der Waals surface area contributed by atoms with E-state index in [1.54, 1.807) is 6.20 Å². The number of aromatic nitrogens is 2. The lowest BCUT2D eigenvalue weighted by Crippen LogP contribution is -2.71. The van der Waals surface area contributed by atoms with Crippen molar-refractivity contribution in [3.8, 4) is 0 Å². The molecule has 15 heteroatoms. The van der Waals surface area contributed by atoms with Gasteiger partial charge in [-0.2, -0.15) is 0 Å². The van der Waals surface area contributed by atoms with Crippen molar-refractivity contribution < 1.29 is 28.8 Å². The largest absolute Gasteiger partial charge is 0.448 e. The number of oxime groups is 1. The van der Waals surface area contributed by atoms with Gasteiger partial charge in [0.2, 0.25) is 6.41 Å². The molecule has 1 fully saturated rings. The van der Waals surface area contributed by atoms with Crippen LogP contribution in [0.15, 0.2) is 112 Å². The van der Waals surface area contributed by atoms with Crippen molar-refractivity contribution >= 4 is 76.0 Å². The highest BCUT2D eigenvalue weighted by Gasteiger charge is 2.55. The minimum absolute atomic E-state index is 0.161. The molecule has 0 aliphatic carbocycles. The van der Waals surface area contributed by atoms with Crippen LogP contribution >= 0.6 is 34.9 Å². The Morgan fingerprint density at radius 3 is 2.46 bits per heavy atom. The van der Waals surface area contributed by atoms with E-state index in [1.807, 2.05) is 90.3 Å². The zero-order valence-electron chi connectivity index (χ0n) is 26.5. The number of nitrogens with zero attached hydrogens (tertiary/aromatic N) is 4. The molecule has 2 atom stereocenters. The molecule has 2 aromatic heterocycles. The predicted molar refractivity (Wildman–Crippen MR) is 194 cm³/mol. The highest BCUT2D eigenvalue weighted by molar-refractivity contribution is 8.02. The Morgan fingerprint density at radius 1 is 1.08 bits per heavy atom. The summed E-state index contributed by atoms with van der Waals surface area (Å²) >= 11 is 4.00. The van der Waals surface area contributed by atoms with Crippen molar-refractivity contribution in [1.29, 1.82) is 0 Å². The molecule has 6 rings (SSSR count). The summed E-state index contributed by atoms with van der Waals surface area (Å²) in [5, 5.41) is 12.1. The molecule has 0 radical (unpaired) electrons. The summed E-state index contributed by atoms with van der Waals surface area (Å²) < 4.78 is 6.24. The third-order valence-electron chi connectivity index (χ3n) is 7.56. The van der Waals surface area contributed by atoms with Gasteiger partial charge in [-0.15, -0.1) is 34.9 Å². The zero-order chi connectivity index (χ0) is 34.9. The standard InChI is InChI=1S/C35H30N6O6S3/c1-46-40-27(26-20-50-35(38-26)37-21-42)31(43)39-28-32(44)41-29(24(19-49-33(28)41)18-48-17-15-25-14-8-9-16-36-25)34(45)47-30(22-10-4-2-5-11-22)23-12-6-3-7-13-23/h2-17,20-21,28,30,33H,18-19H2,1H3,(H,39,43)(H,37,38,42)/b17-15-,40-27?/t28?,33-/m1/s1. The van der Waals surface area contributed by atoms with Gasteiger partial charge in [0, 0.05) is 23.1 Å². The topological polar surface area (TPSA) is 152 Å². The summed E-state index contributed by atoms with van der Waals surface area (Å²) in [4.78, 5) is 67.1. The Hall–Kier alpha value is -5.25. The van der Waals surface area contributed by atoms with E-state index in [0.29, 0.717) is 17.9 Å². The number of hydrogen-bond acceptors (Lipinski definition) is 12. The van der Waals surface area contributed by atoms with E-state index < -0.39 is 35.3 Å². The number of hydrogen-bond donors (Lipinski definition) is 2. The average molecular weight is 727 g/mol. The third kappa shape index (κ3) is 7.80. The molecule has 254 valence electrons. The molecule has 2 aromatic carbocycles. The van der Waals surface area contributed by atoms with Crippen molar-refractivity contribution in [2.75, 3.05) is 23.9 Å². The first-order chi connectivity index (χ1) is 24.5. The minimum Gasteiger partial charge on any atom is -0.448 e. The third-order valence-corrected chi connectivity index (χ3v) is 10.5. The van der Waals surface area contributed by atoms with E-state index in [-0.39, 0.29) is 22.2 Å². The Balaban J connectivity index is 1.26. The van der Waals surface area contributed by atoms with Crippen LogP contribution in [0.3, 0.4) is 0 Å². The first kappa shape index (κ1) is 34.6. The zero-order valence-corrected chi connectivity index (χ0v) is 29.0. The van der Waals surface area contributed by atoms with Gasteiger partial charge in [0.1, 0.15) is 29.9 Å². The second-order valence-corrected chi connectivity index (χ2v) is 13.6. The van der Waals surface area contributed by atoms with Crippen LogP contribution in [0.4, 0.5) is 5.13 Å². The molecular weight excluding hydrogens is 697 g/mol. The van der Waals surface area contributed by atoms with Crippen LogP contribution in [0.2, 0.25) is 0 Å². The number of nitrogens with one attached hydrogen (secondary N) is 2. The number of amides is 3. The van der Waals surface area contributed by atoms with Crippen LogP contribution in [-0.4, -0.2) is 74.8 Å². The predicted octanol–water partition coefficient (Wildman–Crippen LogP) is 4.85. The lowest BCUT2D eigenvalue weighted by atomic mass is 10.0. The summed E-state index contributed by atoms with van der Waals surface area (Å²) in [5.74, 6) is -0.974. The fraction of sp³-hybridized carbons (Fsp3) is 0.171. The molecule has 1 unspecified atom stereocenters. The minimum atomic E-state index is -0.958. The monoisotopic (exact) mass is 726 g/mol. The fourth-order valence-corrected chi connectivity index (χ4v) is 8.18. The number of β-lactam (4-membered cyclic amide) rings is 1. The second-order valence-electron chi connectivity index (χ2n) is 10.7. The van der Waals surface area contributed by atoms with Gasteiger partial charge in [-0.05, 0) is 40.3 Å². The van der Waals surface area contributed by atoms with E-state index in [1.165, 1.54) is 40.9 Å². The van der Waals surface area contributed by atoms with Crippen LogP contribution < -0.4 is 10.6 Å². The number of thioether (sulfide) groups is 2. The maximum absolute atomic E-state index is 14.2. The number of carbonyl (C=O) groups is 4. The number of ether oxygens (including phenoxy) is 1. The summed E-state index contributed by atoms with van der Waals surface area (Å²) in [6, 6.07) is 23.5. The van der Waals surface area contributed by atoms with E-state index in [0.717, 1.165) is 33.7 Å². The van der Waals surface area contributed by atoms with Crippen molar-refractivity contribution in [2.45, 2.75) is 17.5 Å². The highest BCUT2D eigenvalue weighted by atomic mass is 32.2. The van der Waals surface area contributed by atoms with Gasteiger partial charge in [0.15, 0.2) is 16.9 Å². The van der Waals surface area contributed by atoms with E-state index in [4.69, 9.17) is 9.57 Å². The molecule has 4 heterocycles. The fourth-order valence-electron chi connectivity index (χ4n) is 5.28. The molecular formula is C35H30N6O6S3. The van der Waals surface area contributed by atoms with Gasteiger partial charge >= 0.3 is 5.97 Å². The van der Waals surface area contributed by atoms with Gasteiger partial charge < -0.3 is 20.2 Å². The van der Waals surface area contributed by atoms with Crippen molar-refractivity contribution in [3.05, 3.63) is 130 Å². The van der Waals surface area contributed by atoms with Gasteiger partial charge in [-0.1, -0.05) is 71.9 Å². The summed E-state index contributed by atoms with van der Waals surface area (Å²) in [5.41, 5.74) is 3.23. The second kappa shape index (κ2) is 16.4. The molecule has 2 N–H and O–H groups in total. The number of carbonyl (C=O) groups excluding carboxylic acids is 4. The maximum Gasteiger partial charge on any atom is 0.356 e. The molecule has 50 heavy (non-hydrogen) atoms. The number of anilines is 1. The molecule has 12 nitrogen and oxygen atoms in total. The first-order valence-electron chi connectivity index (χ1n) is 15.2. The highest BCUT2D eigenvalue weighted by Crippen LogP contribution is 2.42. The van der Waals surface area contributed by atoms with Crippen LogP contribution in [0.5, 0.6) is 0 Å². The van der Waals surface area contributed by atoms with Crippen LogP contribution in [-0.2, 0) is 28.8 Å². The molecule has 2 aliphatic rings. The van der Waals surface area contributed by atoms with E-state index >= 15 is 0 Å². The van der Waals surface area contributed by atoms with Gasteiger partial charge in [0.25, 0.3) is 11.8 Å². The van der Waals surface area contributed by atoms with Gasteiger partial charge in [-0.3, -0.25) is 24.3 Å². The van der Waals surface area contributed by atoms with Gasteiger partial charge in [-0.25, -0.2) is 9.78 Å². The van der Waals surface area contributed by atoms with Crippen LogP contribution in [0, 0.1) is 0 Å². The van der Waals surface area contributed by atoms with Crippen LogP contribution in [0.1, 0.15) is 28.6 Å². The summed E-state index contributed by atoms with van der Waals surface area (Å²) in [6.07, 6.45) is 3.34. The molecule has 3 amide bonds. The number of esters is 1. The first-order valence-corrected chi connectivity index (χ1v) is 18.2. The molecule has 4 aromatic rings. The molecule has 0 bridgehead atoms.